The zero-order chi connectivity index (χ0) is 17.6. The predicted molar refractivity (Wildman–Crippen MR) is 97.7 cm³/mol. The fraction of sp³-hybridized carbons (Fsp3) is 0.238. The van der Waals surface area contributed by atoms with Gasteiger partial charge in [0.05, 0.1) is 21.3 Å². The van der Waals surface area contributed by atoms with Crippen LogP contribution in [0.15, 0.2) is 59.0 Å². The first-order chi connectivity index (χ1) is 12.2. The Kier molecular flexibility index (Phi) is 5.29. The van der Waals surface area contributed by atoms with Crippen molar-refractivity contribution in [1.82, 2.24) is 0 Å². The first kappa shape index (κ1) is 17.0. The van der Waals surface area contributed by atoms with E-state index in [1.165, 1.54) is 5.56 Å². The molecule has 0 saturated carbocycles. The van der Waals surface area contributed by atoms with Gasteiger partial charge in [-0.1, -0.05) is 30.3 Å². The van der Waals surface area contributed by atoms with Crippen molar-refractivity contribution in [3.8, 4) is 28.6 Å². The first-order valence-electron chi connectivity index (χ1n) is 8.18. The topological polar surface area (TPSA) is 40.8 Å². The fourth-order valence-electron chi connectivity index (χ4n) is 2.80. The number of hydrogen-bond acceptors (Lipinski definition) is 4. The van der Waals surface area contributed by atoms with Gasteiger partial charge in [-0.15, -0.1) is 0 Å². The molecule has 1 heterocycles. The number of aryl methyl sites for hydroxylation is 2. The van der Waals surface area contributed by atoms with E-state index < -0.39 is 0 Å². The SMILES string of the molecule is COc1cc(-c2ccc(CCc3ccccc3)o2)cc(OC)c1OC. The molecule has 4 nitrogen and oxygen atoms in total. The number of methoxy groups -OCH3 is 3. The van der Waals surface area contributed by atoms with Gasteiger partial charge in [0, 0.05) is 12.0 Å². The van der Waals surface area contributed by atoms with E-state index in [1.807, 2.05) is 30.3 Å². The summed E-state index contributed by atoms with van der Waals surface area (Å²) in [5, 5.41) is 0. The Hall–Kier alpha value is -2.88. The van der Waals surface area contributed by atoms with Crippen LogP contribution in [0.5, 0.6) is 17.2 Å². The van der Waals surface area contributed by atoms with Crippen molar-refractivity contribution in [2.75, 3.05) is 21.3 Å². The van der Waals surface area contributed by atoms with Crippen molar-refractivity contribution in [2.24, 2.45) is 0 Å². The Bertz CT molecular complexity index is 796. The fourth-order valence-corrected chi connectivity index (χ4v) is 2.80. The third kappa shape index (κ3) is 3.79. The van der Waals surface area contributed by atoms with E-state index in [4.69, 9.17) is 18.6 Å². The van der Waals surface area contributed by atoms with Crippen LogP contribution in [-0.4, -0.2) is 21.3 Å². The molecule has 0 N–H and O–H groups in total. The van der Waals surface area contributed by atoms with E-state index in [0.29, 0.717) is 17.2 Å². The number of hydrogen-bond donors (Lipinski definition) is 0. The molecule has 2 aromatic carbocycles. The van der Waals surface area contributed by atoms with Crippen molar-refractivity contribution in [3.05, 3.63) is 65.9 Å². The lowest BCUT2D eigenvalue weighted by molar-refractivity contribution is 0.324. The Balaban J connectivity index is 1.82. The molecule has 0 fully saturated rings. The number of furan rings is 1. The normalized spacial score (nSPS) is 10.5. The number of ether oxygens (including phenoxy) is 3. The second kappa shape index (κ2) is 7.79. The molecule has 0 unspecified atom stereocenters. The van der Waals surface area contributed by atoms with E-state index >= 15 is 0 Å². The van der Waals surface area contributed by atoms with Gasteiger partial charge in [-0.3, -0.25) is 0 Å². The molecule has 0 bridgehead atoms. The van der Waals surface area contributed by atoms with Crippen molar-refractivity contribution in [2.45, 2.75) is 12.8 Å². The van der Waals surface area contributed by atoms with E-state index in [2.05, 4.69) is 24.3 Å². The lowest BCUT2D eigenvalue weighted by Crippen LogP contribution is -1.95. The number of rotatable bonds is 7. The van der Waals surface area contributed by atoms with E-state index in [1.54, 1.807) is 21.3 Å². The van der Waals surface area contributed by atoms with Gasteiger partial charge in [-0.25, -0.2) is 0 Å². The summed E-state index contributed by atoms with van der Waals surface area (Å²) in [6.07, 6.45) is 1.80. The van der Waals surface area contributed by atoms with Crippen LogP contribution in [0, 0.1) is 0 Å². The summed E-state index contributed by atoms with van der Waals surface area (Å²) in [6.45, 7) is 0. The second-order valence-electron chi connectivity index (χ2n) is 5.67. The minimum Gasteiger partial charge on any atom is -0.493 e. The van der Waals surface area contributed by atoms with Gasteiger partial charge in [0.25, 0.3) is 0 Å². The Morgan fingerprint density at radius 3 is 2.04 bits per heavy atom. The largest absolute Gasteiger partial charge is 0.493 e. The maximum absolute atomic E-state index is 6.01. The van der Waals surface area contributed by atoms with Crippen LogP contribution in [0.1, 0.15) is 11.3 Å². The molecule has 0 aliphatic carbocycles. The van der Waals surface area contributed by atoms with Gasteiger partial charge in [-0.2, -0.15) is 0 Å². The highest BCUT2D eigenvalue weighted by molar-refractivity contribution is 5.67. The quantitative estimate of drug-likeness (QED) is 0.623. The average Bonchev–Trinajstić information content (AvgIpc) is 3.15. The zero-order valence-electron chi connectivity index (χ0n) is 14.7. The number of benzene rings is 2. The third-order valence-electron chi connectivity index (χ3n) is 4.11. The van der Waals surface area contributed by atoms with Crippen LogP contribution < -0.4 is 14.2 Å². The van der Waals surface area contributed by atoms with Gasteiger partial charge < -0.3 is 18.6 Å². The maximum atomic E-state index is 6.01. The van der Waals surface area contributed by atoms with Crippen LogP contribution in [0.3, 0.4) is 0 Å². The molecule has 3 aromatic rings. The van der Waals surface area contributed by atoms with Crippen LogP contribution in [0.4, 0.5) is 0 Å². The van der Waals surface area contributed by atoms with Crippen molar-refractivity contribution >= 4 is 0 Å². The Labute approximate surface area is 148 Å². The van der Waals surface area contributed by atoms with E-state index in [0.717, 1.165) is 29.9 Å². The summed E-state index contributed by atoms with van der Waals surface area (Å²) in [6, 6.07) is 18.2. The maximum Gasteiger partial charge on any atom is 0.203 e. The molecular weight excluding hydrogens is 316 g/mol. The lowest BCUT2D eigenvalue weighted by atomic mass is 10.1. The first-order valence-corrected chi connectivity index (χ1v) is 8.18. The summed E-state index contributed by atoms with van der Waals surface area (Å²) >= 11 is 0. The molecule has 0 aliphatic heterocycles. The third-order valence-corrected chi connectivity index (χ3v) is 4.11. The molecule has 1 aromatic heterocycles. The van der Waals surface area contributed by atoms with E-state index in [-0.39, 0.29) is 0 Å². The molecule has 0 spiro atoms. The van der Waals surface area contributed by atoms with Gasteiger partial charge in [-0.05, 0) is 36.2 Å². The highest BCUT2D eigenvalue weighted by Crippen LogP contribution is 2.41. The minimum atomic E-state index is 0.574. The second-order valence-corrected chi connectivity index (χ2v) is 5.67. The van der Waals surface area contributed by atoms with Crippen LogP contribution in [-0.2, 0) is 12.8 Å². The molecule has 0 amide bonds. The average molecular weight is 338 g/mol. The minimum absolute atomic E-state index is 0.574. The van der Waals surface area contributed by atoms with Crippen molar-refractivity contribution < 1.29 is 18.6 Å². The summed E-state index contributed by atoms with van der Waals surface area (Å²) < 4.78 is 22.2. The summed E-state index contributed by atoms with van der Waals surface area (Å²) in [7, 11) is 4.80. The standard InChI is InChI=1S/C21H22O4/c1-22-19-13-16(14-20(23-2)21(19)24-3)18-12-11-17(25-18)10-9-15-7-5-4-6-8-15/h4-8,11-14H,9-10H2,1-3H3. The summed E-state index contributed by atoms with van der Waals surface area (Å²) in [4.78, 5) is 0. The highest BCUT2D eigenvalue weighted by Gasteiger charge is 2.15. The molecule has 0 aliphatic rings. The summed E-state index contributed by atoms with van der Waals surface area (Å²) in [5.74, 6) is 3.53. The molecular formula is C21H22O4. The van der Waals surface area contributed by atoms with E-state index in [9.17, 15) is 0 Å². The smallest absolute Gasteiger partial charge is 0.203 e. The molecule has 4 heteroatoms. The van der Waals surface area contributed by atoms with Gasteiger partial charge in [0.1, 0.15) is 11.5 Å². The summed E-state index contributed by atoms with van der Waals surface area (Å²) in [5.41, 5.74) is 2.19. The van der Waals surface area contributed by atoms with Crippen LogP contribution in [0.25, 0.3) is 11.3 Å². The monoisotopic (exact) mass is 338 g/mol. The highest BCUT2D eigenvalue weighted by atomic mass is 16.5. The zero-order valence-corrected chi connectivity index (χ0v) is 14.7. The molecule has 0 radical (unpaired) electrons. The molecule has 130 valence electrons. The predicted octanol–water partition coefficient (Wildman–Crippen LogP) is 4.76. The van der Waals surface area contributed by atoms with Crippen molar-refractivity contribution in [3.63, 3.8) is 0 Å². The van der Waals surface area contributed by atoms with Gasteiger partial charge >= 0.3 is 0 Å². The van der Waals surface area contributed by atoms with Gasteiger partial charge in [0.2, 0.25) is 5.75 Å². The lowest BCUT2D eigenvalue weighted by Gasteiger charge is -2.13. The molecule has 0 saturated heterocycles. The van der Waals surface area contributed by atoms with Crippen molar-refractivity contribution in [1.29, 1.82) is 0 Å². The molecule has 3 rings (SSSR count). The Morgan fingerprint density at radius 1 is 0.760 bits per heavy atom. The van der Waals surface area contributed by atoms with Gasteiger partial charge in [0.15, 0.2) is 11.5 Å². The molecule has 0 atom stereocenters. The van der Waals surface area contributed by atoms with Crippen LogP contribution in [0.2, 0.25) is 0 Å². The Morgan fingerprint density at radius 2 is 1.44 bits per heavy atom. The van der Waals surface area contributed by atoms with Crippen LogP contribution >= 0.6 is 0 Å². The molecule has 25 heavy (non-hydrogen) atoms.